The van der Waals surface area contributed by atoms with E-state index in [1.165, 1.54) is 0 Å². The van der Waals surface area contributed by atoms with Gasteiger partial charge in [-0.2, -0.15) is 0 Å². The first-order valence-corrected chi connectivity index (χ1v) is 5.29. The molecule has 6 heteroatoms. The number of ether oxygens (including phenoxy) is 1. The van der Waals surface area contributed by atoms with Gasteiger partial charge in [0.1, 0.15) is 0 Å². The molecule has 0 bridgehead atoms. The maximum atomic E-state index is 10.8. The lowest BCUT2D eigenvalue weighted by Gasteiger charge is -2.13. The number of hydrogen-bond acceptors (Lipinski definition) is 5. The quantitative estimate of drug-likeness (QED) is 0.623. The van der Waals surface area contributed by atoms with Gasteiger partial charge in [-0.3, -0.25) is 4.79 Å². The maximum Gasteiger partial charge on any atom is 0.304 e. The zero-order valence-electron chi connectivity index (χ0n) is 7.53. The Morgan fingerprint density at radius 3 is 3.14 bits per heavy atom. The third-order valence-corrected chi connectivity index (χ3v) is 2.89. The lowest BCUT2D eigenvalue weighted by molar-refractivity contribution is 0.122. The number of aromatic nitrogens is 1. The Labute approximate surface area is 84.7 Å². The van der Waals surface area contributed by atoms with Crippen molar-refractivity contribution in [2.75, 3.05) is 13.2 Å². The van der Waals surface area contributed by atoms with Crippen LogP contribution in [0.3, 0.4) is 0 Å². The normalized spacial score (nSPS) is 26.9. The molecule has 1 fully saturated rings. The van der Waals surface area contributed by atoms with Crippen LogP contribution >= 0.6 is 11.3 Å². The Balaban J connectivity index is 1.85. The van der Waals surface area contributed by atoms with Crippen molar-refractivity contribution in [2.45, 2.75) is 18.7 Å². The molecule has 0 aliphatic carbocycles. The third kappa shape index (κ3) is 2.21. The highest BCUT2D eigenvalue weighted by molar-refractivity contribution is 7.07. The zero-order valence-corrected chi connectivity index (χ0v) is 8.34. The predicted molar refractivity (Wildman–Crippen MR) is 52.4 cm³/mol. The summed E-state index contributed by atoms with van der Waals surface area (Å²) in [5, 5.41) is 14.3. The molecule has 1 aromatic rings. The van der Waals surface area contributed by atoms with Crippen LogP contribution in [-0.4, -0.2) is 35.5 Å². The number of H-pyrrole nitrogens is 1. The number of thiazole rings is 1. The number of hydrogen-bond donors (Lipinski definition) is 3. The molecule has 1 aliphatic heterocycles. The summed E-state index contributed by atoms with van der Waals surface area (Å²) in [6, 6.07) is -0.0293. The van der Waals surface area contributed by atoms with Crippen molar-refractivity contribution in [3.63, 3.8) is 0 Å². The number of nitrogens with one attached hydrogen (secondary N) is 2. The average molecular weight is 216 g/mol. The van der Waals surface area contributed by atoms with Crippen LogP contribution in [0.25, 0.3) is 0 Å². The molecule has 0 amide bonds. The van der Waals surface area contributed by atoms with Gasteiger partial charge in [-0.1, -0.05) is 11.3 Å². The molecule has 0 radical (unpaired) electrons. The molecule has 5 nitrogen and oxygen atoms in total. The molecular formula is C8H12N2O3S. The van der Waals surface area contributed by atoms with Crippen molar-refractivity contribution in [2.24, 2.45) is 0 Å². The minimum Gasteiger partial charge on any atom is -0.389 e. The van der Waals surface area contributed by atoms with Crippen LogP contribution in [-0.2, 0) is 11.3 Å². The summed E-state index contributed by atoms with van der Waals surface area (Å²) in [5.74, 6) is 0. The summed E-state index contributed by atoms with van der Waals surface area (Å²) in [6.07, 6.45) is -0.444. The van der Waals surface area contributed by atoms with Gasteiger partial charge in [0, 0.05) is 17.6 Å². The highest BCUT2D eigenvalue weighted by atomic mass is 32.1. The van der Waals surface area contributed by atoms with E-state index < -0.39 is 6.10 Å². The van der Waals surface area contributed by atoms with Crippen LogP contribution < -0.4 is 10.2 Å². The van der Waals surface area contributed by atoms with Crippen LogP contribution in [0.2, 0.25) is 0 Å². The van der Waals surface area contributed by atoms with Crippen LogP contribution in [0.5, 0.6) is 0 Å². The van der Waals surface area contributed by atoms with E-state index in [1.807, 2.05) is 0 Å². The van der Waals surface area contributed by atoms with E-state index >= 15 is 0 Å². The van der Waals surface area contributed by atoms with Crippen LogP contribution in [0.15, 0.2) is 10.2 Å². The molecular weight excluding hydrogens is 204 g/mol. The van der Waals surface area contributed by atoms with E-state index in [-0.39, 0.29) is 10.9 Å². The Bertz CT molecular complexity index is 348. The molecule has 14 heavy (non-hydrogen) atoms. The molecule has 2 atom stereocenters. The summed E-state index contributed by atoms with van der Waals surface area (Å²) in [4.78, 5) is 13.5. The van der Waals surface area contributed by atoms with Gasteiger partial charge in [0.05, 0.1) is 25.4 Å². The summed E-state index contributed by atoms with van der Waals surface area (Å²) < 4.78 is 5.08. The monoisotopic (exact) mass is 216 g/mol. The van der Waals surface area contributed by atoms with E-state index in [0.717, 1.165) is 17.0 Å². The Morgan fingerprint density at radius 2 is 2.57 bits per heavy atom. The summed E-state index contributed by atoms with van der Waals surface area (Å²) in [6.45, 7) is 1.47. The first-order chi connectivity index (χ1) is 6.75. The highest BCUT2D eigenvalue weighted by Gasteiger charge is 2.25. The fourth-order valence-corrected chi connectivity index (χ4v) is 1.96. The highest BCUT2D eigenvalue weighted by Crippen LogP contribution is 2.06. The van der Waals surface area contributed by atoms with E-state index in [0.29, 0.717) is 19.8 Å². The van der Waals surface area contributed by atoms with Gasteiger partial charge < -0.3 is 20.1 Å². The third-order valence-electron chi connectivity index (χ3n) is 2.18. The molecule has 3 N–H and O–H groups in total. The molecule has 1 aromatic heterocycles. The number of rotatable bonds is 3. The SMILES string of the molecule is O=c1[nH]c(CNC2COCC2O)cs1. The molecule has 0 spiro atoms. The van der Waals surface area contributed by atoms with Gasteiger partial charge in [0.25, 0.3) is 0 Å². The number of aliphatic hydroxyl groups excluding tert-OH is 1. The van der Waals surface area contributed by atoms with Crippen LogP contribution in [0, 0.1) is 0 Å². The van der Waals surface area contributed by atoms with Crippen molar-refractivity contribution >= 4 is 11.3 Å². The van der Waals surface area contributed by atoms with Gasteiger partial charge in [-0.15, -0.1) is 0 Å². The molecule has 1 aliphatic rings. The van der Waals surface area contributed by atoms with E-state index in [4.69, 9.17) is 4.74 Å². The van der Waals surface area contributed by atoms with Crippen molar-refractivity contribution in [3.05, 3.63) is 20.7 Å². The van der Waals surface area contributed by atoms with Gasteiger partial charge in [0.15, 0.2) is 0 Å². The van der Waals surface area contributed by atoms with Crippen LogP contribution in [0.1, 0.15) is 5.69 Å². The van der Waals surface area contributed by atoms with E-state index in [1.54, 1.807) is 5.38 Å². The molecule has 0 saturated carbocycles. The standard InChI is InChI=1S/C8H12N2O3S/c11-7-3-13-2-6(7)9-1-5-4-14-8(12)10-5/h4,6-7,9,11H,1-3H2,(H,10,12). The number of aliphatic hydroxyl groups is 1. The smallest absolute Gasteiger partial charge is 0.304 e. The Morgan fingerprint density at radius 1 is 1.71 bits per heavy atom. The second-order valence-electron chi connectivity index (χ2n) is 3.27. The van der Waals surface area contributed by atoms with Gasteiger partial charge >= 0.3 is 4.87 Å². The molecule has 0 aromatic carbocycles. The first kappa shape index (κ1) is 9.85. The van der Waals surface area contributed by atoms with Crippen molar-refractivity contribution in [1.29, 1.82) is 0 Å². The van der Waals surface area contributed by atoms with Crippen molar-refractivity contribution in [3.8, 4) is 0 Å². The molecule has 2 unspecified atom stereocenters. The molecule has 78 valence electrons. The minimum absolute atomic E-state index is 0.0293. The summed E-state index contributed by atoms with van der Waals surface area (Å²) in [7, 11) is 0. The van der Waals surface area contributed by atoms with E-state index in [9.17, 15) is 9.90 Å². The van der Waals surface area contributed by atoms with Gasteiger partial charge in [-0.25, -0.2) is 0 Å². The first-order valence-electron chi connectivity index (χ1n) is 4.41. The second kappa shape index (κ2) is 4.22. The average Bonchev–Trinajstić information content (AvgIpc) is 2.72. The topological polar surface area (TPSA) is 74.4 Å². The predicted octanol–water partition coefficient (Wildman–Crippen LogP) is -0.714. The molecule has 1 saturated heterocycles. The lowest BCUT2D eigenvalue weighted by atomic mass is 10.2. The Kier molecular flexibility index (Phi) is 2.97. The van der Waals surface area contributed by atoms with E-state index in [2.05, 4.69) is 10.3 Å². The fourth-order valence-electron chi connectivity index (χ4n) is 1.38. The number of aromatic amines is 1. The zero-order chi connectivity index (χ0) is 9.97. The summed E-state index contributed by atoms with van der Waals surface area (Å²) in [5.41, 5.74) is 0.846. The minimum atomic E-state index is -0.444. The van der Waals surface area contributed by atoms with Crippen molar-refractivity contribution in [1.82, 2.24) is 10.3 Å². The lowest BCUT2D eigenvalue weighted by Crippen LogP contribution is -2.38. The van der Waals surface area contributed by atoms with Gasteiger partial charge in [0.2, 0.25) is 0 Å². The van der Waals surface area contributed by atoms with Crippen molar-refractivity contribution < 1.29 is 9.84 Å². The fraction of sp³-hybridized carbons (Fsp3) is 0.625. The molecule has 2 heterocycles. The van der Waals surface area contributed by atoms with Gasteiger partial charge in [-0.05, 0) is 0 Å². The Hall–Kier alpha value is -0.690. The molecule has 2 rings (SSSR count). The summed E-state index contributed by atoms with van der Waals surface area (Å²) >= 11 is 1.14. The largest absolute Gasteiger partial charge is 0.389 e. The second-order valence-corrected chi connectivity index (χ2v) is 4.11. The van der Waals surface area contributed by atoms with Crippen LogP contribution in [0.4, 0.5) is 0 Å². The maximum absolute atomic E-state index is 10.8.